The Hall–Kier alpha value is -3.41. The van der Waals surface area contributed by atoms with Crippen LogP contribution in [0.4, 0.5) is 0 Å². The van der Waals surface area contributed by atoms with Gasteiger partial charge in [-0.3, -0.25) is 9.36 Å². The number of hydrogen-bond acceptors (Lipinski definition) is 3. The van der Waals surface area contributed by atoms with Crippen molar-refractivity contribution < 1.29 is 14.7 Å². The first-order valence-electron chi connectivity index (χ1n) is 10.6. The van der Waals surface area contributed by atoms with E-state index in [2.05, 4.69) is 6.92 Å². The van der Waals surface area contributed by atoms with Crippen LogP contribution in [0.15, 0.2) is 53.3 Å². The Balaban J connectivity index is 1.97. The monoisotopic (exact) mass is 420 g/mol. The number of hydrogen-bond donors (Lipinski definition) is 1. The molecule has 1 aromatic heterocycles. The minimum absolute atomic E-state index is 0.195. The van der Waals surface area contributed by atoms with Crippen molar-refractivity contribution in [1.29, 1.82) is 0 Å². The summed E-state index contributed by atoms with van der Waals surface area (Å²) in [6.07, 6.45) is 2.95. The fourth-order valence-electron chi connectivity index (χ4n) is 3.87. The third kappa shape index (κ3) is 4.53. The number of aromatic carboxylic acids is 1. The molecule has 6 nitrogen and oxygen atoms in total. The molecule has 0 saturated heterocycles. The number of aromatic nitrogens is 2. The van der Waals surface area contributed by atoms with E-state index >= 15 is 0 Å². The van der Waals surface area contributed by atoms with Gasteiger partial charge >= 0.3 is 11.7 Å². The summed E-state index contributed by atoms with van der Waals surface area (Å²) in [5.74, 6) is -1.16. The lowest BCUT2D eigenvalue weighted by Crippen LogP contribution is -2.29. The van der Waals surface area contributed by atoms with Crippen molar-refractivity contribution >= 4 is 11.9 Å². The number of carbonyl (C=O) groups excluding carboxylic acids is 1. The first-order valence-corrected chi connectivity index (χ1v) is 10.6. The van der Waals surface area contributed by atoms with Crippen molar-refractivity contribution in [3.63, 3.8) is 0 Å². The summed E-state index contributed by atoms with van der Waals surface area (Å²) < 4.78 is 2.99. The quantitative estimate of drug-likeness (QED) is 0.569. The van der Waals surface area contributed by atoms with Gasteiger partial charge in [0, 0.05) is 17.8 Å². The largest absolute Gasteiger partial charge is 0.478 e. The zero-order valence-corrected chi connectivity index (χ0v) is 18.2. The van der Waals surface area contributed by atoms with Crippen LogP contribution in [0.25, 0.3) is 11.1 Å². The standard InChI is InChI=1S/C25H28N2O4/c1-4-6-11-22-17(3)27(23(28)5-2)25(31)26(22)16-18-12-14-19(15-13-18)20-9-7-8-10-21(20)24(29)30/h7-10,12-15H,4-6,11,16H2,1-3H3,(H,29,30). The van der Waals surface area contributed by atoms with Crippen LogP contribution in [0, 0.1) is 6.92 Å². The van der Waals surface area contributed by atoms with E-state index in [4.69, 9.17) is 0 Å². The van der Waals surface area contributed by atoms with Crippen molar-refractivity contribution in [2.45, 2.75) is 53.0 Å². The Labute approximate surface area is 181 Å². The van der Waals surface area contributed by atoms with E-state index in [-0.39, 0.29) is 23.6 Å². The zero-order chi connectivity index (χ0) is 22.5. The molecule has 1 heterocycles. The maximum atomic E-state index is 13.0. The summed E-state index contributed by atoms with van der Waals surface area (Å²) in [6, 6.07) is 14.4. The SMILES string of the molecule is CCCCc1c(C)n(C(=O)CC)c(=O)n1Cc1ccc(-c2ccccc2C(=O)O)cc1. The Bertz CT molecular complexity index is 1150. The molecule has 162 valence electrons. The van der Waals surface area contributed by atoms with E-state index in [0.717, 1.165) is 41.8 Å². The highest BCUT2D eigenvalue weighted by Crippen LogP contribution is 2.24. The maximum Gasteiger partial charge on any atom is 0.336 e. The smallest absolute Gasteiger partial charge is 0.336 e. The molecule has 6 heteroatoms. The molecule has 0 aliphatic rings. The Morgan fingerprint density at radius 1 is 1.00 bits per heavy atom. The average molecular weight is 421 g/mol. The molecule has 0 atom stereocenters. The second-order valence-corrected chi connectivity index (χ2v) is 7.63. The van der Waals surface area contributed by atoms with Gasteiger partial charge in [0.1, 0.15) is 0 Å². The molecule has 1 N–H and O–H groups in total. The van der Waals surface area contributed by atoms with Gasteiger partial charge in [-0.1, -0.05) is 62.7 Å². The molecule has 0 aliphatic heterocycles. The van der Waals surface area contributed by atoms with Crippen LogP contribution < -0.4 is 5.69 Å². The van der Waals surface area contributed by atoms with Gasteiger partial charge in [0.15, 0.2) is 0 Å². The molecule has 2 aromatic carbocycles. The van der Waals surface area contributed by atoms with E-state index < -0.39 is 5.97 Å². The van der Waals surface area contributed by atoms with Crippen LogP contribution in [0.2, 0.25) is 0 Å². The molecule has 0 bridgehead atoms. The summed E-state index contributed by atoms with van der Waals surface area (Å²) in [5.41, 5.74) is 3.94. The molecule has 0 aliphatic carbocycles. The number of carboxylic acid groups (broad SMARTS) is 1. The van der Waals surface area contributed by atoms with Crippen LogP contribution in [-0.2, 0) is 13.0 Å². The molecule has 0 spiro atoms. The Kier molecular flexibility index (Phi) is 6.90. The molecule has 31 heavy (non-hydrogen) atoms. The van der Waals surface area contributed by atoms with Gasteiger partial charge in [-0.25, -0.2) is 14.2 Å². The number of nitrogens with zero attached hydrogens (tertiary/aromatic N) is 2. The number of carbonyl (C=O) groups is 2. The van der Waals surface area contributed by atoms with Gasteiger partial charge < -0.3 is 5.11 Å². The van der Waals surface area contributed by atoms with Crippen molar-refractivity contribution in [3.05, 3.63) is 81.5 Å². The van der Waals surface area contributed by atoms with Crippen LogP contribution in [0.5, 0.6) is 0 Å². The molecular formula is C25H28N2O4. The van der Waals surface area contributed by atoms with Crippen molar-refractivity contribution in [3.8, 4) is 11.1 Å². The zero-order valence-electron chi connectivity index (χ0n) is 18.2. The molecule has 0 saturated carbocycles. The van der Waals surface area contributed by atoms with E-state index in [1.807, 2.05) is 37.3 Å². The maximum absolute atomic E-state index is 13.0. The topological polar surface area (TPSA) is 81.3 Å². The summed E-state index contributed by atoms with van der Waals surface area (Å²) in [4.78, 5) is 36.9. The lowest BCUT2D eigenvalue weighted by Gasteiger charge is -2.10. The van der Waals surface area contributed by atoms with Crippen molar-refractivity contribution in [1.82, 2.24) is 9.13 Å². The average Bonchev–Trinajstić information content (AvgIpc) is 3.01. The summed E-state index contributed by atoms with van der Waals surface area (Å²) >= 11 is 0. The van der Waals surface area contributed by atoms with Crippen LogP contribution >= 0.6 is 0 Å². The summed E-state index contributed by atoms with van der Waals surface area (Å²) in [7, 11) is 0. The van der Waals surface area contributed by atoms with Gasteiger partial charge in [-0.05, 0) is 42.5 Å². The Morgan fingerprint density at radius 3 is 2.29 bits per heavy atom. The lowest BCUT2D eigenvalue weighted by molar-refractivity contribution is 0.0697. The fourth-order valence-corrected chi connectivity index (χ4v) is 3.87. The third-order valence-corrected chi connectivity index (χ3v) is 5.58. The van der Waals surface area contributed by atoms with Gasteiger partial charge in [-0.2, -0.15) is 0 Å². The number of unbranched alkanes of at least 4 members (excludes halogenated alkanes) is 1. The number of rotatable bonds is 8. The van der Waals surface area contributed by atoms with Crippen LogP contribution in [-0.4, -0.2) is 26.1 Å². The number of imidazole rings is 1. The Morgan fingerprint density at radius 2 is 1.68 bits per heavy atom. The number of carboxylic acids is 1. The van der Waals surface area contributed by atoms with Gasteiger partial charge in [0.2, 0.25) is 5.91 Å². The lowest BCUT2D eigenvalue weighted by atomic mass is 9.99. The molecule has 0 fully saturated rings. The predicted octanol–water partition coefficient (Wildman–Crippen LogP) is 4.76. The van der Waals surface area contributed by atoms with E-state index in [0.29, 0.717) is 12.1 Å². The molecule has 0 unspecified atom stereocenters. The highest BCUT2D eigenvalue weighted by molar-refractivity contribution is 5.96. The second-order valence-electron chi connectivity index (χ2n) is 7.63. The van der Waals surface area contributed by atoms with E-state index in [9.17, 15) is 19.5 Å². The normalized spacial score (nSPS) is 10.9. The second kappa shape index (κ2) is 9.60. The molecule has 0 amide bonds. The first-order chi connectivity index (χ1) is 14.9. The fraction of sp³-hybridized carbons (Fsp3) is 0.320. The number of benzene rings is 2. The molecule has 0 radical (unpaired) electrons. The predicted molar refractivity (Wildman–Crippen MR) is 121 cm³/mol. The molecule has 3 rings (SSSR count). The van der Waals surface area contributed by atoms with Gasteiger partial charge in [0.25, 0.3) is 0 Å². The minimum Gasteiger partial charge on any atom is -0.478 e. The van der Waals surface area contributed by atoms with E-state index in [1.54, 1.807) is 29.7 Å². The van der Waals surface area contributed by atoms with Gasteiger partial charge in [0.05, 0.1) is 12.1 Å². The van der Waals surface area contributed by atoms with Crippen LogP contribution in [0.3, 0.4) is 0 Å². The van der Waals surface area contributed by atoms with Crippen molar-refractivity contribution in [2.75, 3.05) is 0 Å². The first kappa shape index (κ1) is 22.3. The highest BCUT2D eigenvalue weighted by Gasteiger charge is 2.20. The summed E-state index contributed by atoms with van der Waals surface area (Å²) in [6.45, 7) is 6.05. The summed E-state index contributed by atoms with van der Waals surface area (Å²) in [5, 5.41) is 9.43. The molecule has 3 aromatic rings. The molecular weight excluding hydrogens is 392 g/mol. The van der Waals surface area contributed by atoms with Gasteiger partial charge in [-0.15, -0.1) is 0 Å². The minimum atomic E-state index is -0.968. The highest BCUT2D eigenvalue weighted by atomic mass is 16.4. The van der Waals surface area contributed by atoms with Crippen molar-refractivity contribution in [2.24, 2.45) is 0 Å². The third-order valence-electron chi connectivity index (χ3n) is 5.58. The van der Waals surface area contributed by atoms with Crippen LogP contribution in [0.1, 0.15) is 65.2 Å². The van der Waals surface area contributed by atoms with E-state index in [1.165, 1.54) is 4.57 Å².